The van der Waals surface area contributed by atoms with Crippen LogP contribution in [0.2, 0.25) is 0 Å². The number of carbonyl (C=O) groups is 3. The molecule has 0 aromatic carbocycles. The average Bonchev–Trinajstić information content (AvgIpc) is 3.42. The second-order valence-corrected chi connectivity index (χ2v) is 11.6. The van der Waals surface area contributed by atoms with Gasteiger partial charge in [0.1, 0.15) is 16.9 Å². The van der Waals surface area contributed by atoms with Crippen LogP contribution in [0.25, 0.3) is 16.9 Å². The van der Waals surface area contributed by atoms with Crippen molar-refractivity contribution in [1.29, 1.82) is 0 Å². The summed E-state index contributed by atoms with van der Waals surface area (Å²) < 4.78 is 54.3. The normalized spacial score (nSPS) is 16.4. The van der Waals surface area contributed by atoms with Crippen LogP contribution in [0.15, 0.2) is 24.5 Å². The quantitative estimate of drug-likeness (QED) is 0.392. The van der Waals surface area contributed by atoms with Crippen molar-refractivity contribution in [2.75, 3.05) is 69.8 Å². The van der Waals surface area contributed by atoms with Crippen molar-refractivity contribution in [2.24, 2.45) is 0 Å². The Morgan fingerprint density at radius 1 is 1.04 bits per heavy atom. The van der Waals surface area contributed by atoms with Crippen LogP contribution in [0.5, 0.6) is 0 Å². The fraction of sp³-hybridized carbons (Fsp3) is 0.517. The first kappa shape index (κ1) is 32.9. The number of methoxy groups -OCH3 is 1. The first-order valence-electron chi connectivity index (χ1n) is 14.7. The number of alkyl halides is 3. The predicted octanol–water partition coefficient (Wildman–Crippen LogP) is 2.38. The number of ether oxygens (including phenoxy) is 2. The Balaban J connectivity index is 1.43. The van der Waals surface area contributed by atoms with E-state index in [1.807, 2.05) is 11.0 Å². The summed E-state index contributed by atoms with van der Waals surface area (Å²) in [6.45, 7) is 9.24. The number of carbonyl (C=O) groups excluding carboxylic acids is 3. The van der Waals surface area contributed by atoms with Gasteiger partial charge in [0, 0.05) is 65.1 Å². The lowest BCUT2D eigenvalue weighted by Gasteiger charge is -2.38. The summed E-state index contributed by atoms with van der Waals surface area (Å²) in [6.07, 6.45) is -3.01. The zero-order valence-electron chi connectivity index (χ0n) is 26.0. The number of amides is 3. The van der Waals surface area contributed by atoms with Crippen LogP contribution < -0.4 is 15.5 Å². The second-order valence-electron chi connectivity index (χ2n) is 11.6. The van der Waals surface area contributed by atoms with Crippen LogP contribution in [0.4, 0.5) is 29.6 Å². The Kier molecular flexibility index (Phi) is 9.34. The second kappa shape index (κ2) is 13.1. The molecular formula is C29H36F3N9O5. The molecule has 0 saturated carbocycles. The molecule has 46 heavy (non-hydrogen) atoms. The van der Waals surface area contributed by atoms with Gasteiger partial charge in [0.2, 0.25) is 11.8 Å². The lowest BCUT2D eigenvalue weighted by atomic mass is 10.0. The maximum Gasteiger partial charge on any atom is 0.417 e. The van der Waals surface area contributed by atoms with E-state index >= 15 is 0 Å². The maximum absolute atomic E-state index is 14.3. The van der Waals surface area contributed by atoms with Gasteiger partial charge >= 0.3 is 12.3 Å². The Morgan fingerprint density at radius 3 is 2.37 bits per heavy atom. The number of halogens is 3. The average molecular weight is 648 g/mol. The Morgan fingerprint density at radius 2 is 1.74 bits per heavy atom. The van der Waals surface area contributed by atoms with Gasteiger partial charge in [0.25, 0.3) is 0 Å². The van der Waals surface area contributed by atoms with Gasteiger partial charge in [-0.15, -0.1) is 5.10 Å². The molecule has 2 N–H and O–H groups in total. The molecule has 3 amide bonds. The summed E-state index contributed by atoms with van der Waals surface area (Å²) in [5.74, 6) is -0.494. The van der Waals surface area contributed by atoms with Crippen molar-refractivity contribution in [2.45, 2.75) is 39.0 Å². The lowest BCUT2D eigenvalue weighted by Crippen LogP contribution is -2.59. The van der Waals surface area contributed by atoms with Crippen molar-refractivity contribution >= 4 is 35.1 Å². The smallest absolute Gasteiger partial charge is 0.417 e. The number of nitrogens with one attached hydrogen (secondary N) is 2. The maximum atomic E-state index is 14.3. The van der Waals surface area contributed by atoms with Crippen LogP contribution in [0, 0.1) is 0 Å². The van der Waals surface area contributed by atoms with E-state index < -0.39 is 23.4 Å². The van der Waals surface area contributed by atoms with E-state index in [0.717, 1.165) is 24.9 Å². The van der Waals surface area contributed by atoms with Gasteiger partial charge in [-0.05, 0) is 31.5 Å². The largest absolute Gasteiger partial charge is 0.453 e. The molecular weight excluding hydrogens is 611 g/mol. The number of nitrogens with zero attached hydrogens (tertiary/aromatic N) is 7. The third kappa shape index (κ3) is 7.31. The number of hydrogen-bond acceptors (Lipinski definition) is 10. The number of aromatic nitrogens is 4. The molecule has 17 heteroatoms. The zero-order chi connectivity index (χ0) is 33.2. The molecule has 0 spiro atoms. The standard InChI is InChI=1S/C29H36F3N9O5/c1-18(42)36-28(2,3)26(43)40-7-5-38(6-8-40)16-19-13-22-25(39-9-11-46-12-10-39)35-24(37-41(22)17-19)20-15-33-23(34-27(44)45-4)14-21(20)29(30,31)32/h13-15,17H,5-12,16H2,1-4H3,(H,36,42)(H,33,34,44). The molecule has 0 radical (unpaired) electrons. The van der Waals surface area contributed by atoms with Gasteiger partial charge in [-0.1, -0.05) is 0 Å². The predicted molar refractivity (Wildman–Crippen MR) is 160 cm³/mol. The van der Waals surface area contributed by atoms with E-state index in [1.54, 1.807) is 24.9 Å². The Labute approximate surface area is 262 Å². The highest BCUT2D eigenvalue weighted by atomic mass is 19.4. The SMILES string of the molecule is COC(=O)Nc1cc(C(F)(F)F)c(-c2nc(N3CCOCC3)c3cc(CN4CCN(C(=O)C(C)(C)NC(C)=O)CC4)cn3n2)cn1. The minimum atomic E-state index is -4.80. The van der Waals surface area contributed by atoms with Gasteiger partial charge in [0.15, 0.2) is 11.6 Å². The molecule has 2 saturated heterocycles. The summed E-state index contributed by atoms with van der Waals surface area (Å²) in [5, 5.41) is 9.32. The summed E-state index contributed by atoms with van der Waals surface area (Å²) in [4.78, 5) is 50.6. The molecule has 5 rings (SSSR count). The number of pyridine rings is 1. The number of fused-ring (bicyclic) bond motifs is 1. The molecule has 2 aliphatic heterocycles. The molecule has 2 aliphatic rings. The van der Waals surface area contributed by atoms with Crippen LogP contribution in [-0.4, -0.2) is 112 Å². The lowest BCUT2D eigenvalue weighted by molar-refractivity contribution is -0.141. The number of piperazine rings is 1. The van der Waals surface area contributed by atoms with E-state index in [0.29, 0.717) is 70.4 Å². The van der Waals surface area contributed by atoms with Gasteiger partial charge < -0.3 is 24.6 Å². The van der Waals surface area contributed by atoms with Crippen LogP contribution in [0.3, 0.4) is 0 Å². The Bertz CT molecular complexity index is 1610. The van der Waals surface area contributed by atoms with Gasteiger partial charge in [-0.2, -0.15) is 13.2 Å². The van der Waals surface area contributed by atoms with Crippen LogP contribution >= 0.6 is 0 Å². The topological polar surface area (TPSA) is 147 Å². The molecule has 14 nitrogen and oxygen atoms in total. The van der Waals surface area contributed by atoms with Gasteiger partial charge in [-0.3, -0.25) is 19.8 Å². The van der Waals surface area contributed by atoms with Crippen molar-refractivity contribution < 1.29 is 37.0 Å². The van der Waals surface area contributed by atoms with Crippen LogP contribution in [-0.2, 0) is 31.8 Å². The fourth-order valence-electron chi connectivity index (χ4n) is 5.59. The van der Waals surface area contributed by atoms with Crippen LogP contribution in [0.1, 0.15) is 31.9 Å². The first-order chi connectivity index (χ1) is 21.7. The van der Waals surface area contributed by atoms with E-state index in [2.05, 4.69) is 35.3 Å². The fourth-order valence-corrected chi connectivity index (χ4v) is 5.59. The first-order valence-corrected chi connectivity index (χ1v) is 14.7. The van der Waals surface area contributed by atoms with E-state index in [4.69, 9.17) is 4.74 Å². The highest BCUT2D eigenvalue weighted by Gasteiger charge is 2.37. The van der Waals surface area contributed by atoms with Gasteiger partial charge in [-0.25, -0.2) is 19.3 Å². The monoisotopic (exact) mass is 647 g/mol. The van der Waals surface area contributed by atoms with Gasteiger partial charge in [0.05, 0.1) is 31.5 Å². The van der Waals surface area contributed by atoms with Crippen molar-refractivity contribution in [1.82, 2.24) is 34.7 Å². The Hall–Kier alpha value is -4.51. The molecule has 0 atom stereocenters. The number of anilines is 2. The molecule has 0 bridgehead atoms. The summed E-state index contributed by atoms with van der Waals surface area (Å²) in [5.41, 5.74) is -0.941. The van der Waals surface area contributed by atoms with Crippen molar-refractivity contribution in [3.05, 3.63) is 35.7 Å². The van der Waals surface area contributed by atoms with E-state index in [1.165, 1.54) is 11.4 Å². The molecule has 3 aromatic heterocycles. The molecule has 0 unspecified atom stereocenters. The van der Waals surface area contributed by atoms with Crippen molar-refractivity contribution in [3.63, 3.8) is 0 Å². The molecule has 0 aliphatic carbocycles. The molecule has 2 fully saturated rings. The number of hydrogen-bond donors (Lipinski definition) is 2. The molecule has 5 heterocycles. The van der Waals surface area contributed by atoms with E-state index in [-0.39, 0.29) is 29.0 Å². The van der Waals surface area contributed by atoms with E-state index in [9.17, 15) is 27.6 Å². The highest BCUT2D eigenvalue weighted by molar-refractivity contribution is 5.90. The summed E-state index contributed by atoms with van der Waals surface area (Å²) in [6, 6.07) is 2.63. The van der Waals surface area contributed by atoms with Crippen molar-refractivity contribution in [3.8, 4) is 11.4 Å². The third-order valence-electron chi connectivity index (χ3n) is 7.77. The summed E-state index contributed by atoms with van der Waals surface area (Å²) in [7, 11) is 1.09. The number of morpholine rings is 1. The number of rotatable bonds is 7. The highest BCUT2D eigenvalue weighted by Crippen LogP contribution is 2.38. The minimum absolute atomic E-state index is 0.156. The molecule has 248 valence electrons. The molecule has 3 aromatic rings. The zero-order valence-corrected chi connectivity index (χ0v) is 26.0. The minimum Gasteiger partial charge on any atom is -0.453 e. The third-order valence-corrected chi connectivity index (χ3v) is 7.77. The summed E-state index contributed by atoms with van der Waals surface area (Å²) >= 11 is 0.